The molecule has 1 aromatic carbocycles. The van der Waals surface area contributed by atoms with E-state index in [0.29, 0.717) is 38.3 Å². The molecule has 1 N–H and O–H groups in total. The summed E-state index contributed by atoms with van der Waals surface area (Å²) in [7, 11) is 1.68. The number of likely N-dealkylation sites (N-methyl/N-ethyl adjacent to an activating group) is 1. The molecule has 2 rings (SSSR count). The van der Waals surface area contributed by atoms with Crippen LogP contribution in [0.2, 0.25) is 5.02 Å². The Labute approximate surface area is 148 Å². The van der Waals surface area contributed by atoms with Crippen LogP contribution in [0.25, 0.3) is 0 Å². The van der Waals surface area contributed by atoms with E-state index in [1.54, 1.807) is 11.9 Å². The average molecular weight is 381 g/mol. The molecule has 9 heteroatoms. The Hall–Kier alpha value is -1.35. The number of alkyl halides is 3. The number of carbonyl (C=O) groups is 1. The first-order valence-corrected chi connectivity index (χ1v) is 8.12. The molecule has 140 valence electrons. The van der Waals surface area contributed by atoms with Gasteiger partial charge in [-0.15, -0.1) is 0 Å². The molecule has 1 aliphatic rings. The zero-order chi connectivity index (χ0) is 18.6. The maximum absolute atomic E-state index is 12.9. The molecular weight excluding hydrogens is 361 g/mol. The topological polar surface area (TPSA) is 53.0 Å². The maximum Gasteiger partial charge on any atom is 0.416 e. The number of aliphatic carboxylic acids is 1. The fourth-order valence-corrected chi connectivity index (χ4v) is 3.10. The number of carboxylic acids is 1. The second kappa shape index (κ2) is 8.35. The van der Waals surface area contributed by atoms with Crippen LogP contribution in [-0.2, 0) is 22.3 Å². The third kappa shape index (κ3) is 6.47. The van der Waals surface area contributed by atoms with E-state index in [0.717, 1.165) is 12.1 Å². The number of ether oxygens (including phenoxy) is 1. The summed E-state index contributed by atoms with van der Waals surface area (Å²) in [6.45, 7) is 2.21. The number of nitrogens with zero attached hydrogens (tertiary/aromatic N) is 2. The van der Waals surface area contributed by atoms with Crippen LogP contribution in [0, 0.1) is 0 Å². The molecule has 0 aliphatic carbocycles. The van der Waals surface area contributed by atoms with Crippen LogP contribution in [-0.4, -0.2) is 66.8 Å². The van der Waals surface area contributed by atoms with Crippen LogP contribution in [0.3, 0.4) is 0 Å². The highest BCUT2D eigenvalue weighted by atomic mass is 35.5. The van der Waals surface area contributed by atoms with Crippen molar-refractivity contribution in [1.82, 2.24) is 9.80 Å². The van der Waals surface area contributed by atoms with Crippen molar-refractivity contribution in [3.63, 3.8) is 0 Å². The zero-order valence-electron chi connectivity index (χ0n) is 13.7. The Morgan fingerprint density at radius 2 is 2.16 bits per heavy atom. The number of morpholine rings is 1. The summed E-state index contributed by atoms with van der Waals surface area (Å²) in [6, 6.07) is 3.54. The van der Waals surface area contributed by atoms with Crippen molar-refractivity contribution in [3.8, 4) is 0 Å². The smallest absolute Gasteiger partial charge is 0.416 e. The Bertz CT molecular complexity index is 613. The van der Waals surface area contributed by atoms with Crippen molar-refractivity contribution in [1.29, 1.82) is 0 Å². The van der Waals surface area contributed by atoms with E-state index in [9.17, 15) is 18.0 Å². The van der Waals surface area contributed by atoms with Crippen molar-refractivity contribution in [3.05, 3.63) is 34.3 Å². The predicted octanol–water partition coefficient (Wildman–Crippen LogP) is 2.58. The van der Waals surface area contributed by atoms with Gasteiger partial charge in [0.1, 0.15) is 0 Å². The third-order valence-electron chi connectivity index (χ3n) is 3.83. The van der Waals surface area contributed by atoms with E-state index < -0.39 is 17.7 Å². The Morgan fingerprint density at radius 3 is 2.80 bits per heavy atom. The van der Waals surface area contributed by atoms with E-state index in [4.69, 9.17) is 21.4 Å². The Morgan fingerprint density at radius 1 is 1.44 bits per heavy atom. The summed E-state index contributed by atoms with van der Waals surface area (Å²) >= 11 is 5.81. The summed E-state index contributed by atoms with van der Waals surface area (Å²) < 4.78 is 44.3. The quantitative estimate of drug-likeness (QED) is 0.822. The van der Waals surface area contributed by atoms with E-state index >= 15 is 0 Å². The summed E-state index contributed by atoms with van der Waals surface area (Å²) in [5.41, 5.74) is -0.277. The molecule has 0 aromatic heterocycles. The molecular formula is C16H20ClF3N2O3. The number of benzene rings is 1. The molecule has 0 radical (unpaired) electrons. The number of carboxylic acid groups (broad SMARTS) is 1. The first kappa shape index (κ1) is 20.0. The predicted molar refractivity (Wildman–Crippen MR) is 86.6 cm³/mol. The molecule has 5 nitrogen and oxygen atoms in total. The van der Waals surface area contributed by atoms with Gasteiger partial charge in [-0.1, -0.05) is 11.6 Å². The minimum absolute atomic E-state index is 0.0517. The second-order valence-electron chi connectivity index (χ2n) is 6.16. The molecule has 1 atom stereocenters. The lowest BCUT2D eigenvalue weighted by Crippen LogP contribution is -2.47. The maximum atomic E-state index is 12.9. The van der Waals surface area contributed by atoms with Crippen molar-refractivity contribution in [2.45, 2.75) is 18.8 Å². The van der Waals surface area contributed by atoms with Crippen LogP contribution < -0.4 is 0 Å². The number of rotatable bonds is 6. The summed E-state index contributed by atoms with van der Waals surface area (Å²) in [5.74, 6) is -0.922. The zero-order valence-corrected chi connectivity index (χ0v) is 14.5. The Kier molecular flexibility index (Phi) is 6.67. The van der Waals surface area contributed by atoms with Crippen molar-refractivity contribution in [2.75, 3.05) is 39.8 Å². The SMILES string of the molecule is CN(CC(=O)O)CC1CN(Cc2cc(Cl)cc(C(F)(F)F)c2)CCO1. The van der Waals surface area contributed by atoms with Gasteiger partial charge < -0.3 is 9.84 Å². The van der Waals surface area contributed by atoms with Crippen LogP contribution in [0.15, 0.2) is 18.2 Å². The second-order valence-corrected chi connectivity index (χ2v) is 6.60. The number of hydrogen-bond donors (Lipinski definition) is 1. The molecule has 1 saturated heterocycles. The minimum atomic E-state index is -4.44. The highest BCUT2D eigenvalue weighted by Gasteiger charge is 2.31. The Balaban J connectivity index is 1.98. The van der Waals surface area contributed by atoms with E-state index in [-0.39, 0.29) is 17.7 Å². The van der Waals surface area contributed by atoms with E-state index in [2.05, 4.69) is 0 Å². The fraction of sp³-hybridized carbons (Fsp3) is 0.562. The van der Waals surface area contributed by atoms with Gasteiger partial charge in [0.2, 0.25) is 0 Å². The van der Waals surface area contributed by atoms with Gasteiger partial charge in [-0.3, -0.25) is 14.6 Å². The lowest BCUT2D eigenvalue weighted by molar-refractivity contribution is -0.139. The third-order valence-corrected chi connectivity index (χ3v) is 4.05. The lowest BCUT2D eigenvalue weighted by Gasteiger charge is -2.34. The van der Waals surface area contributed by atoms with Crippen LogP contribution in [0.4, 0.5) is 13.2 Å². The van der Waals surface area contributed by atoms with Gasteiger partial charge in [0.25, 0.3) is 0 Å². The van der Waals surface area contributed by atoms with Gasteiger partial charge in [-0.2, -0.15) is 13.2 Å². The highest BCUT2D eigenvalue weighted by Crippen LogP contribution is 2.32. The average Bonchev–Trinajstić information content (AvgIpc) is 2.45. The van der Waals surface area contributed by atoms with Crippen LogP contribution >= 0.6 is 11.6 Å². The first-order valence-electron chi connectivity index (χ1n) is 7.74. The number of hydrogen-bond acceptors (Lipinski definition) is 4. The molecule has 0 spiro atoms. The largest absolute Gasteiger partial charge is 0.480 e. The van der Waals surface area contributed by atoms with Crippen LogP contribution in [0.5, 0.6) is 0 Å². The molecule has 1 heterocycles. The summed E-state index contributed by atoms with van der Waals surface area (Å²) in [5, 5.41) is 8.83. The lowest BCUT2D eigenvalue weighted by atomic mass is 10.1. The van der Waals surface area contributed by atoms with Gasteiger partial charge in [0, 0.05) is 31.2 Å². The minimum Gasteiger partial charge on any atom is -0.480 e. The van der Waals surface area contributed by atoms with Crippen molar-refractivity contribution >= 4 is 17.6 Å². The molecule has 1 aliphatic heterocycles. The molecule has 1 unspecified atom stereocenters. The van der Waals surface area contributed by atoms with Gasteiger partial charge >= 0.3 is 12.1 Å². The molecule has 1 fully saturated rings. The first-order chi connectivity index (χ1) is 11.6. The van der Waals surface area contributed by atoms with Crippen molar-refractivity contribution in [2.24, 2.45) is 0 Å². The normalized spacial score (nSPS) is 19.4. The van der Waals surface area contributed by atoms with Crippen molar-refractivity contribution < 1.29 is 27.8 Å². The molecule has 0 bridgehead atoms. The summed E-state index contributed by atoms with van der Waals surface area (Å²) in [4.78, 5) is 14.3. The molecule has 0 saturated carbocycles. The summed E-state index contributed by atoms with van der Waals surface area (Å²) in [6.07, 6.45) is -4.63. The monoisotopic (exact) mass is 380 g/mol. The van der Waals surface area contributed by atoms with Gasteiger partial charge in [0.05, 0.1) is 24.8 Å². The van der Waals surface area contributed by atoms with E-state index in [1.165, 1.54) is 6.07 Å². The molecule has 25 heavy (non-hydrogen) atoms. The van der Waals surface area contributed by atoms with Gasteiger partial charge in [0.15, 0.2) is 0 Å². The fourth-order valence-electron chi connectivity index (χ4n) is 2.84. The highest BCUT2D eigenvalue weighted by molar-refractivity contribution is 6.30. The van der Waals surface area contributed by atoms with Crippen LogP contribution in [0.1, 0.15) is 11.1 Å². The van der Waals surface area contributed by atoms with Gasteiger partial charge in [-0.25, -0.2) is 0 Å². The van der Waals surface area contributed by atoms with E-state index in [1.807, 2.05) is 4.90 Å². The number of halogens is 4. The van der Waals surface area contributed by atoms with Gasteiger partial charge in [-0.05, 0) is 30.8 Å². The molecule has 0 amide bonds. The molecule has 1 aromatic rings. The standard InChI is InChI=1S/C16H20ClF3N2O3/c1-21(10-15(23)24)8-14-9-22(2-3-25-14)7-11-4-12(16(18,19)20)6-13(17)5-11/h4-6,14H,2-3,7-10H2,1H3,(H,23,24).